The molecule has 1 radical (unpaired) electrons. The third kappa shape index (κ3) is 4.61. The van der Waals surface area contributed by atoms with Crippen LogP contribution in [-0.2, 0) is 9.59 Å². The average Bonchev–Trinajstić information content (AvgIpc) is 2.26. The molecule has 0 aromatic carbocycles. The molecule has 1 heterocycles. The van der Waals surface area contributed by atoms with Gasteiger partial charge in [0.15, 0.2) is 0 Å². The summed E-state index contributed by atoms with van der Waals surface area (Å²) in [6, 6.07) is 0. The fraction of sp³-hybridized carbons (Fsp3) is 0.818. The number of carbonyl (C=O) groups is 2. The van der Waals surface area contributed by atoms with Crippen LogP contribution in [0.3, 0.4) is 0 Å². The molecule has 0 aliphatic carbocycles. The molecular weight excluding hydrogens is 206 g/mol. The van der Waals surface area contributed by atoms with Crippen LogP contribution in [0.15, 0.2) is 0 Å². The summed E-state index contributed by atoms with van der Waals surface area (Å²) < 4.78 is 0. The third-order valence-corrected chi connectivity index (χ3v) is 2.90. The maximum Gasteiger partial charge on any atom is 0.237 e. The zero-order valence-corrected chi connectivity index (χ0v) is 9.82. The van der Waals surface area contributed by atoms with Crippen LogP contribution < -0.4 is 11.1 Å². The minimum absolute atomic E-state index is 0.00781. The highest BCUT2D eigenvalue weighted by Crippen LogP contribution is 2.16. The Morgan fingerprint density at radius 3 is 2.81 bits per heavy atom. The van der Waals surface area contributed by atoms with Gasteiger partial charge in [-0.1, -0.05) is 0 Å². The minimum Gasteiger partial charge on any atom is -0.368 e. The number of nitrogens with zero attached hydrogens (tertiary/aromatic N) is 2. The first-order valence-electron chi connectivity index (χ1n) is 5.75. The predicted molar refractivity (Wildman–Crippen MR) is 60.7 cm³/mol. The highest BCUT2D eigenvalue weighted by Gasteiger charge is 2.17. The number of amides is 2. The molecule has 0 saturated carbocycles. The molecule has 0 spiro atoms. The van der Waals surface area contributed by atoms with Crippen LogP contribution in [0.25, 0.3) is 0 Å². The number of carbonyl (C=O) groups excluding carboxylic acids is 2. The highest BCUT2D eigenvalue weighted by molar-refractivity contribution is 5.83. The van der Waals surface area contributed by atoms with E-state index in [1.165, 1.54) is 4.90 Å². The monoisotopic (exact) mass is 226 g/mol. The molecule has 0 aromatic heterocycles. The normalized spacial score (nSPS) is 20.4. The Hall–Kier alpha value is -1.10. The van der Waals surface area contributed by atoms with E-state index in [1.807, 2.05) is 0 Å². The maximum atomic E-state index is 11.6. The molecule has 1 rings (SSSR count). The molecule has 2 amide bonds. The van der Waals surface area contributed by atoms with Crippen molar-refractivity contribution in [2.45, 2.75) is 25.7 Å². The summed E-state index contributed by atoms with van der Waals surface area (Å²) in [5, 5.41) is 4.33. The van der Waals surface area contributed by atoms with Gasteiger partial charge in [0.1, 0.15) is 0 Å². The lowest BCUT2D eigenvalue weighted by atomic mass is 9.94. The number of hydrogen-bond acceptors (Lipinski definition) is 2. The predicted octanol–water partition coefficient (Wildman–Crippen LogP) is -0.275. The molecule has 5 heteroatoms. The first-order chi connectivity index (χ1) is 7.59. The van der Waals surface area contributed by atoms with Crippen LogP contribution in [0.2, 0.25) is 0 Å². The van der Waals surface area contributed by atoms with Gasteiger partial charge in [-0.3, -0.25) is 9.59 Å². The van der Waals surface area contributed by atoms with Crippen molar-refractivity contribution in [1.82, 2.24) is 10.2 Å². The second kappa shape index (κ2) is 6.48. The van der Waals surface area contributed by atoms with E-state index >= 15 is 0 Å². The van der Waals surface area contributed by atoms with Gasteiger partial charge >= 0.3 is 0 Å². The Bertz CT molecular complexity index is 250. The lowest BCUT2D eigenvalue weighted by Crippen LogP contribution is -2.35. The van der Waals surface area contributed by atoms with Gasteiger partial charge in [0.2, 0.25) is 11.8 Å². The molecule has 0 bridgehead atoms. The molecule has 5 nitrogen and oxygen atoms in total. The molecule has 16 heavy (non-hydrogen) atoms. The van der Waals surface area contributed by atoms with Crippen molar-refractivity contribution in [1.29, 1.82) is 0 Å². The summed E-state index contributed by atoms with van der Waals surface area (Å²) >= 11 is 0. The standard InChI is InChI=1S/C11H20N3O2/c1-14(8-10(12)15)11(16)5-4-9-3-2-6-13-7-9/h9H,2-8H2,1H3,(H2,12,15). The van der Waals surface area contributed by atoms with Gasteiger partial charge in [0.25, 0.3) is 0 Å². The zero-order valence-electron chi connectivity index (χ0n) is 9.82. The molecule has 91 valence electrons. The van der Waals surface area contributed by atoms with Crippen molar-refractivity contribution in [2.75, 3.05) is 26.7 Å². The maximum absolute atomic E-state index is 11.6. The Kier molecular flexibility index (Phi) is 5.25. The van der Waals surface area contributed by atoms with E-state index in [0.29, 0.717) is 12.3 Å². The number of piperidine rings is 1. The number of rotatable bonds is 5. The van der Waals surface area contributed by atoms with Crippen molar-refractivity contribution in [3.8, 4) is 0 Å². The Labute approximate surface area is 96.4 Å². The fourth-order valence-electron chi connectivity index (χ4n) is 1.93. The van der Waals surface area contributed by atoms with Gasteiger partial charge in [-0.15, -0.1) is 0 Å². The first-order valence-corrected chi connectivity index (χ1v) is 5.75. The summed E-state index contributed by atoms with van der Waals surface area (Å²) in [6.07, 6.45) is 3.65. The third-order valence-electron chi connectivity index (χ3n) is 2.90. The van der Waals surface area contributed by atoms with E-state index in [9.17, 15) is 9.59 Å². The minimum atomic E-state index is -0.469. The summed E-state index contributed by atoms with van der Waals surface area (Å²) in [4.78, 5) is 23.6. The van der Waals surface area contributed by atoms with Crippen molar-refractivity contribution in [2.24, 2.45) is 11.7 Å². The van der Waals surface area contributed by atoms with Crippen molar-refractivity contribution >= 4 is 11.8 Å². The molecule has 2 N–H and O–H groups in total. The Morgan fingerprint density at radius 1 is 1.50 bits per heavy atom. The van der Waals surface area contributed by atoms with E-state index < -0.39 is 5.91 Å². The molecular formula is C11H20N3O2. The van der Waals surface area contributed by atoms with Crippen LogP contribution in [0.5, 0.6) is 0 Å². The number of nitrogens with two attached hydrogens (primary N) is 1. The molecule has 1 fully saturated rings. The smallest absolute Gasteiger partial charge is 0.237 e. The second-order valence-corrected chi connectivity index (χ2v) is 4.39. The van der Waals surface area contributed by atoms with Crippen molar-refractivity contribution in [3.63, 3.8) is 0 Å². The van der Waals surface area contributed by atoms with Gasteiger partial charge in [-0.25, -0.2) is 5.32 Å². The second-order valence-electron chi connectivity index (χ2n) is 4.39. The van der Waals surface area contributed by atoms with Crippen LogP contribution in [-0.4, -0.2) is 43.4 Å². The Morgan fingerprint density at radius 2 is 2.25 bits per heavy atom. The zero-order chi connectivity index (χ0) is 12.0. The van der Waals surface area contributed by atoms with Gasteiger partial charge in [0, 0.05) is 26.6 Å². The molecule has 1 aliphatic heterocycles. The lowest BCUT2D eigenvalue weighted by Gasteiger charge is -2.22. The van der Waals surface area contributed by atoms with Crippen LogP contribution >= 0.6 is 0 Å². The lowest BCUT2D eigenvalue weighted by molar-refractivity contribution is -0.134. The molecule has 1 aliphatic rings. The average molecular weight is 226 g/mol. The topological polar surface area (TPSA) is 77.5 Å². The molecule has 0 aromatic rings. The van der Waals surface area contributed by atoms with Gasteiger partial charge in [-0.2, -0.15) is 0 Å². The number of primary amides is 1. The van der Waals surface area contributed by atoms with Crippen molar-refractivity contribution < 1.29 is 9.59 Å². The van der Waals surface area contributed by atoms with E-state index in [2.05, 4.69) is 5.32 Å². The van der Waals surface area contributed by atoms with Gasteiger partial charge < -0.3 is 10.6 Å². The molecule has 1 unspecified atom stereocenters. The summed E-state index contributed by atoms with van der Waals surface area (Å²) in [6.45, 7) is 1.85. The van der Waals surface area contributed by atoms with E-state index in [-0.39, 0.29) is 12.5 Å². The SMILES string of the molecule is CN(CC(N)=O)C(=O)CCC1CCC[N]C1. The van der Waals surface area contributed by atoms with Gasteiger partial charge in [-0.05, 0) is 25.2 Å². The summed E-state index contributed by atoms with van der Waals surface area (Å²) in [5.41, 5.74) is 5.02. The molecule has 1 atom stereocenters. The first kappa shape index (κ1) is 13.0. The largest absolute Gasteiger partial charge is 0.368 e. The van der Waals surface area contributed by atoms with E-state index in [0.717, 1.165) is 32.4 Å². The van der Waals surface area contributed by atoms with Crippen LogP contribution in [0.1, 0.15) is 25.7 Å². The number of hydrogen-bond donors (Lipinski definition) is 1. The quantitative estimate of drug-likeness (QED) is 0.700. The van der Waals surface area contributed by atoms with E-state index in [4.69, 9.17) is 5.73 Å². The van der Waals surface area contributed by atoms with Gasteiger partial charge in [0.05, 0.1) is 6.54 Å². The summed E-state index contributed by atoms with van der Waals surface area (Å²) in [5.74, 6) is 0.0626. The summed E-state index contributed by atoms with van der Waals surface area (Å²) in [7, 11) is 1.61. The Balaban J connectivity index is 2.20. The van der Waals surface area contributed by atoms with E-state index in [1.54, 1.807) is 7.05 Å². The van der Waals surface area contributed by atoms with Crippen LogP contribution in [0.4, 0.5) is 0 Å². The number of likely N-dealkylation sites (N-methyl/N-ethyl adjacent to an activating group) is 1. The highest BCUT2D eigenvalue weighted by atomic mass is 16.2. The van der Waals surface area contributed by atoms with Crippen molar-refractivity contribution in [3.05, 3.63) is 0 Å². The van der Waals surface area contributed by atoms with Crippen LogP contribution in [0, 0.1) is 5.92 Å². The fourth-order valence-corrected chi connectivity index (χ4v) is 1.93. The molecule has 1 saturated heterocycles.